The molecule has 1 saturated heterocycles. The van der Waals surface area contributed by atoms with Crippen molar-refractivity contribution in [1.29, 1.82) is 0 Å². The molecule has 2 aromatic heterocycles. The van der Waals surface area contributed by atoms with Gasteiger partial charge in [0.05, 0.1) is 17.8 Å². The van der Waals surface area contributed by atoms with Crippen molar-refractivity contribution in [2.45, 2.75) is 19.3 Å². The Morgan fingerprint density at radius 2 is 1.66 bits per heavy atom. The number of para-hydroxylation sites is 2. The van der Waals surface area contributed by atoms with Gasteiger partial charge in [-0.3, -0.25) is 9.59 Å². The molecule has 6 rings (SSSR count). The molecule has 7 nitrogen and oxygen atoms in total. The Labute approximate surface area is 204 Å². The summed E-state index contributed by atoms with van der Waals surface area (Å²) in [6.45, 7) is 1.78. The van der Waals surface area contributed by atoms with Crippen molar-refractivity contribution in [3.05, 3.63) is 96.4 Å². The van der Waals surface area contributed by atoms with Crippen LogP contribution in [0.25, 0.3) is 11.5 Å². The number of amides is 2. The van der Waals surface area contributed by atoms with Crippen LogP contribution in [0.15, 0.2) is 85.3 Å². The molecule has 4 heterocycles. The number of benzene rings is 2. The second kappa shape index (κ2) is 8.91. The summed E-state index contributed by atoms with van der Waals surface area (Å²) in [4.78, 5) is 31.0. The van der Waals surface area contributed by atoms with E-state index in [9.17, 15) is 9.59 Å². The molecule has 4 aromatic rings. The SMILES string of the molecule is O=C(c1cnn(-c2ccccc2)c1-n1cccc1)N1CCCC(C(=O)N2CCc3ccccc32)C1. The van der Waals surface area contributed by atoms with Gasteiger partial charge < -0.3 is 14.4 Å². The van der Waals surface area contributed by atoms with E-state index >= 15 is 0 Å². The Morgan fingerprint density at radius 1 is 0.886 bits per heavy atom. The molecule has 0 saturated carbocycles. The van der Waals surface area contributed by atoms with Gasteiger partial charge in [0, 0.05) is 37.7 Å². The average molecular weight is 466 g/mol. The largest absolute Gasteiger partial charge is 0.338 e. The fourth-order valence-electron chi connectivity index (χ4n) is 5.30. The molecule has 1 unspecified atom stereocenters. The van der Waals surface area contributed by atoms with Crippen molar-refractivity contribution < 1.29 is 9.59 Å². The first-order valence-corrected chi connectivity index (χ1v) is 12.2. The van der Waals surface area contributed by atoms with Crippen LogP contribution in [0.4, 0.5) is 5.69 Å². The highest BCUT2D eigenvalue weighted by Gasteiger charge is 2.35. The molecule has 1 fully saturated rings. The third kappa shape index (κ3) is 3.83. The van der Waals surface area contributed by atoms with E-state index in [1.165, 1.54) is 5.56 Å². The quantitative estimate of drug-likeness (QED) is 0.456. The number of hydrogen-bond donors (Lipinski definition) is 0. The van der Waals surface area contributed by atoms with E-state index in [1.807, 2.05) is 87.4 Å². The Bertz CT molecular complexity index is 1360. The molecule has 0 bridgehead atoms. The minimum Gasteiger partial charge on any atom is -0.338 e. The molecule has 7 heteroatoms. The van der Waals surface area contributed by atoms with E-state index < -0.39 is 0 Å². The first kappa shape index (κ1) is 21.4. The second-order valence-corrected chi connectivity index (χ2v) is 9.18. The molecule has 0 radical (unpaired) electrons. The van der Waals surface area contributed by atoms with Crippen molar-refractivity contribution in [2.75, 3.05) is 24.5 Å². The van der Waals surface area contributed by atoms with Crippen molar-refractivity contribution in [3.8, 4) is 11.5 Å². The first-order valence-electron chi connectivity index (χ1n) is 12.2. The maximum atomic E-state index is 13.8. The number of nitrogens with zero attached hydrogens (tertiary/aromatic N) is 5. The second-order valence-electron chi connectivity index (χ2n) is 9.18. The number of anilines is 1. The standard InChI is InChI=1S/C28H27N5O2/c34-27(32-18-14-21-9-4-5-13-25(21)32)22-10-8-17-31(20-22)28(35)24-19-29-33(23-11-2-1-3-12-23)26(24)30-15-6-7-16-30/h1-7,9,11-13,15-16,19,22H,8,10,14,17-18,20H2. The Balaban J connectivity index is 1.27. The number of fused-ring (bicyclic) bond motifs is 1. The molecule has 0 spiro atoms. The monoisotopic (exact) mass is 465 g/mol. The third-order valence-corrected chi connectivity index (χ3v) is 7.04. The average Bonchev–Trinajstić information content (AvgIpc) is 3.68. The highest BCUT2D eigenvalue weighted by molar-refractivity contribution is 5.99. The number of piperidine rings is 1. The summed E-state index contributed by atoms with van der Waals surface area (Å²) in [6.07, 6.45) is 7.97. The third-order valence-electron chi connectivity index (χ3n) is 7.04. The molecule has 2 aliphatic heterocycles. The van der Waals surface area contributed by atoms with Crippen LogP contribution in [-0.4, -0.2) is 50.7 Å². The Morgan fingerprint density at radius 3 is 2.49 bits per heavy atom. The summed E-state index contributed by atoms with van der Waals surface area (Å²) in [5.41, 5.74) is 3.65. The summed E-state index contributed by atoms with van der Waals surface area (Å²) < 4.78 is 3.71. The summed E-state index contributed by atoms with van der Waals surface area (Å²) >= 11 is 0. The molecule has 2 aromatic carbocycles. The molecular formula is C28H27N5O2. The first-order chi connectivity index (χ1) is 17.2. The molecule has 2 aliphatic rings. The number of rotatable bonds is 4. The van der Waals surface area contributed by atoms with E-state index in [4.69, 9.17) is 0 Å². The minimum atomic E-state index is -0.196. The normalized spacial score (nSPS) is 17.4. The van der Waals surface area contributed by atoms with Gasteiger partial charge in [0.2, 0.25) is 5.91 Å². The summed E-state index contributed by atoms with van der Waals surface area (Å²) in [5.74, 6) is 0.541. The predicted molar refractivity (Wildman–Crippen MR) is 134 cm³/mol. The van der Waals surface area contributed by atoms with E-state index in [-0.39, 0.29) is 17.7 Å². The van der Waals surface area contributed by atoms with Gasteiger partial charge in [-0.2, -0.15) is 5.10 Å². The summed E-state index contributed by atoms with van der Waals surface area (Å²) in [6, 6.07) is 21.8. The topological polar surface area (TPSA) is 63.4 Å². The van der Waals surface area contributed by atoms with Crippen LogP contribution < -0.4 is 4.90 Å². The zero-order chi connectivity index (χ0) is 23.8. The molecule has 2 amide bonds. The number of hydrogen-bond acceptors (Lipinski definition) is 3. The van der Waals surface area contributed by atoms with E-state index in [0.717, 1.165) is 30.6 Å². The smallest absolute Gasteiger partial charge is 0.259 e. The summed E-state index contributed by atoms with van der Waals surface area (Å²) in [7, 11) is 0. The molecule has 35 heavy (non-hydrogen) atoms. The van der Waals surface area contributed by atoms with Crippen LogP contribution in [-0.2, 0) is 11.2 Å². The van der Waals surface area contributed by atoms with Gasteiger partial charge in [0.15, 0.2) is 5.82 Å². The maximum Gasteiger partial charge on any atom is 0.259 e. The van der Waals surface area contributed by atoms with Gasteiger partial charge in [-0.25, -0.2) is 4.68 Å². The fraction of sp³-hybridized carbons (Fsp3) is 0.250. The van der Waals surface area contributed by atoms with Crippen LogP contribution in [0.2, 0.25) is 0 Å². The van der Waals surface area contributed by atoms with Gasteiger partial charge in [-0.1, -0.05) is 36.4 Å². The van der Waals surface area contributed by atoms with Gasteiger partial charge in [-0.05, 0) is 55.2 Å². The molecule has 176 valence electrons. The van der Waals surface area contributed by atoms with E-state index in [2.05, 4.69) is 11.2 Å². The highest BCUT2D eigenvalue weighted by atomic mass is 16.2. The van der Waals surface area contributed by atoms with Crippen molar-refractivity contribution in [3.63, 3.8) is 0 Å². The zero-order valence-corrected chi connectivity index (χ0v) is 19.5. The Kier molecular flexibility index (Phi) is 5.45. The Hall–Kier alpha value is -4.13. The minimum absolute atomic E-state index is 0.0878. The lowest BCUT2D eigenvalue weighted by Crippen LogP contribution is -2.46. The molecule has 1 atom stereocenters. The molecular weight excluding hydrogens is 438 g/mol. The van der Waals surface area contributed by atoms with Crippen molar-refractivity contribution in [2.24, 2.45) is 5.92 Å². The predicted octanol–water partition coefficient (Wildman–Crippen LogP) is 4.10. The van der Waals surface area contributed by atoms with Crippen LogP contribution in [0.5, 0.6) is 0 Å². The number of carbonyl (C=O) groups is 2. The van der Waals surface area contributed by atoms with Crippen LogP contribution in [0, 0.1) is 5.92 Å². The van der Waals surface area contributed by atoms with E-state index in [0.29, 0.717) is 31.0 Å². The lowest BCUT2D eigenvalue weighted by atomic mass is 9.96. The van der Waals surface area contributed by atoms with Crippen LogP contribution >= 0.6 is 0 Å². The zero-order valence-electron chi connectivity index (χ0n) is 19.5. The van der Waals surface area contributed by atoms with Gasteiger partial charge in [-0.15, -0.1) is 0 Å². The summed E-state index contributed by atoms with van der Waals surface area (Å²) in [5, 5.41) is 4.57. The number of carbonyl (C=O) groups excluding carboxylic acids is 2. The lowest BCUT2D eigenvalue weighted by Gasteiger charge is -2.34. The van der Waals surface area contributed by atoms with Gasteiger partial charge in [0.25, 0.3) is 5.91 Å². The van der Waals surface area contributed by atoms with Gasteiger partial charge in [0.1, 0.15) is 5.56 Å². The number of likely N-dealkylation sites (tertiary alicyclic amines) is 1. The highest BCUT2D eigenvalue weighted by Crippen LogP contribution is 2.31. The number of aromatic nitrogens is 3. The molecule has 0 N–H and O–H groups in total. The van der Waals surface area contributed by atoms with Crippen molar-refractivity contribution >= 4 is 17.5 Å². The fourth-order valence-corrected chi connectivity index (χ4v) is 5.30. The van der Waals surface area contributed by atoms with E-state index in [1.54, 1.807) is 10.9 Å². The molecule has 0 aliphatic carbocycles. The van der Waals surface area contributed by atoms with Gasteiger partial charge >= 0.3 is 0 Å². The van der Waals surface area contributed by atoms with Crippen LogP contribution in [0.3, 0.4) is 0 Å². The lowest BCUT2D eigenvalue weighted by molar-refractivity contribution is -0.123. The maximum absolute atomic E-state index is 13.8. The van der Waals surface area contributed by atoms with Crippen molar-refractivity contribution in [1.82, 2.24) is 19.2 Å². The van der Waals surface area contributed by atoms with Crippen LogP contribution in [0.1, 0.15) is 28.8 Å².